The number of fused-ring (bicyclic) bond motifs is 1. The quantitative estimate of drug-likeness (QED) is 0.784. The van der Waals surface area contributed by atoms with Crippen LogP contribution in [0.25, 0.3) is 0 Å². The molecule has 6 heteroatoms. The van der Waals surface area contributed by atoms with Crippen LogP contribution in [-0.2, 0) is 13.0 Å². The Bertz CT molecular complexity index is 830. The van der Waals surface area contributed by atoms with Crippen LogP contribution in [0, 0.1) is 0 Å². The second-order valence-corrected chi connectivity index (χ2v) is 7.99. The van der Waals surface area contributed by atoms with E-state index in [2.05, 4.69) is 47.3 Å². The van der Waals surface area contributed by atoms with Crippen molar-refractivity contribution in [3.05, 3.63) is 35.7 Å². The van der Waals surface area contributed by atoms with E-state index in [0.717, 1.165) is 44.6 Å². The zero-order valence-corrected chi connectivity index (χ0v) is 17.1. The van der Waals surface area contributed by atoms with E-state index in [1.165, 1.54) is 36.9 Å². The van der Waals surface area contributed by atoms with Gasteiger partial charge in [0.25, 0.3) is 5.91 Å². The number of rotatable bonds is 5. The predicted octanol–water partition coefficient (Wildman–Crippen LogP) is 4.05. The van der Waals surface area contributed by atoms with Gasteiger partial charge in [0.05, 0.1) is 6.20 Å². The lowest BCUT2D eigenvalue weighted by molar-refractivity contribution is 0.0980. The maximum Gasteiger partial charge on any atom is 0.280 e. The fraction of sp³-hybridized carbons (Fsp3) is 0.591. The monoisotopic (exact) mass is 381 g/mol. The minimum Gasteiger partial charge on any atom is -0.369 e. The van der Waals surface area contributed by atoms with Crippen molar-refractivity contribution in [3.63, 3.8) is 0 Å². The first-order chi connectivity index (χ1) is 13.7. The van der Waals surface area contributed by atoms with E-state index in [0.29, 0.717) is 11.7 Å². The van der Waals surface area contributed by atoms with Gasteiger partial charge in [-0.2, -0.15) is 0 Å². The lowest BCUT2D eigenvalue weighted by Crippen LogP contribution is -2.39. The first kappa shape index (κ1) is 19.0. The molecule has 0 bridgehead atoms. The molecule has 150 valence electrons. The van der Waals surface area contributed by atoms with Crippen LogP contribution in [0.1, 0.15) is 68.4 Å². The summed E-state index contributed by atoms with van der Waals surface area (Å²) < 4.78 is 1.75. The van der Waals surface area contributed by atoms with Crippen molar-refractivity contribution in [2.45, 2.75) is 71.4 Å². The van der Waals surface area contributed by atoms with E-state index in [1.807, 2.05) is 4.90 Å². The van der Waals surface area contributed by atoms with E-state index in [-0.39, 0.29) is 5.91 Å². The Morgan fingerprint density at radius 2 is 2.07 bits per heavy atom. The van der Waals surface area contributed by atoms with Crippen LogP contribution in [0.5, 0.6) is 0 Å². The number of nitrogens with zero attached hydrogens (tertiary/aromatic N) is 5. The third-order valence-corrected chi connectivity index (χ3v) is 6.07. The van der Waals surface area contributed by atoms with Crippen LogP contribution in [0.15, 0.2) is 24.4 Å². The average Bonchev–Trinajstić information content (AvgIpc) is 3.21. The highest BCUT2D eigenvalue weighted by atomic mass is 16.2. The molecule has 1 aromatic carbocycles. The zero-order chi connectivity index (χ0) is 19.5. The van der Waals surface area contributed by atoms with Crippen molar-refractivity contribution >= 4 is 17.3 Å². The minimum atomic E-state index is -0.0412. The molecule has 0 aliphatic carbocycles. The van der Waals surface area contributed by atoms with E-state index in [9.17, 15) is 4.79 Å². The Balaban J connectivity index is 1.58. The number of amides is 1. The van der Waals surface area contributed by atoms with Gasteiger partial charge in [0.1, 0.15) is 0 Å². The molecule has 0 radical (unpaired) electrons. The normalized spacial score (nSPS) is 19.6. The number of aromatic nitrogens is 3. The fourth-order valence-corrected chi connectivity index (χ4v) is 4.61. The first-order valence-corrected chi connectivity index (χ1v) is 10.8. The lowest BCUT2D eigenvalue weighted by atomic mass is 9.96. The molecular formula is C22H31N5O. The van der Waals surface area contributed by atoms with Gasteiger partial charge in [0.15, 0.2) is 5.69 Å². The van der Waals surface area contributed by atoms with Crippen molar-refractivity contribution in [2.75, 3.05) is 22.9 Å². The summed E-state index contributed by atoms with van der Waals surface area (Å²) in [6, 6.07) is 7.30. The van der Waals surface area contributed by atoms with Gasteiger partial charge in [-0.3, -0.25) is 9.48 Å². The lowest BCUT2D eigenvalue weighted by Gasteiger charge is -2.38. The second-order valence-electron chi connectivity index (χ2n) is 7.99. The van der Waals surface area contributed by atoms with E-state index in [4.69, 9.17) is 0 Å². The summed E-state index contributed by atoms with van der Waals surface area (Å²) in [5, 5.41) is 8.19. The van der Waals surface area contributed by atoms with Gasteiger partial charge >= 0.3 is 0 Å². The molecule has 2 aliphatic heterocycles. The van der Waals surface area contributed by atoms with E-state index in [1.54, 1.807) is 10.9 Å². The van der Waals surface area contributed by atoms with Crippen molar-refractivity contribution < 1.29 is 4.79 Å². The number of hydrogen-bond acceptors (Lipinski definition) is 4. The fourth-order valence-electron chi connectivity index (χ4n) is 4.61. The summed E-state index contributed by atoms with van der Waals surface area (Å²) in [4.78, 5) is 17.5. The smallest absolute Gasteiger partial charge is 0.280 e. The number of carbonyl (C=O) groups excluding carboxylic acids is 1. The molecule has 28 heavy (non-hydrogen) atoms. The summed E-state index contributed by atoms with van der Waals surface area (Å²) in [5.41, 5.74) is 4.06. The Morgan fingerprint density at radius 1 is 1.18 bits per heavy atom. The van der Waals surface area contributed by atoms with Crippen LogP contribution in [-0.4, -0.2) is 40.0 Å². The van der Waals surface area contributed by atoms with Crippen LogP contribution in [0.2, 0.25) is 0 Å². The van der Waals surface area contributed by atoms with Crippen LogP contribution in [0.4, 0.5) is 11.4 Å². The molecule has 1 atom stereocenters. The molecule has 0 N–H and O–H groups in total. The van der Waals surface area contributed by atoms with Crippen LogP contribution < -0.4 is 9.80 Å². The molecule has 2 aromatic rings. The molecule has 0 spiro atoms. The molecule has 0 saturated carbocycles. The molecule has 4 rings (SSSR count). The molecule has 1 amide bonds. The molecule has 2 aliphatic rings. The number of hydrogen-bond donors (Lipinski definition) is 0. The van der Waals surface area contributed by atoms with Gasteiger partial charge < -0.3 is 9.80 Å². The Hall–Kier alpha value is -2.37. The number of piperidine rings is 1. The molecule has 1 aromatic heterocycles. The summed E-state index contributed by atoms with van der Waals surface area (Å²) in [7, 11) is 0. The summed E-state index contributed by atoms with van der Waals surface area (Å²) in [6.45, 7) is 7.04. The van der Waals surface area contributed by atoms with Gasteiger partial charge in [-0.25, -0.2) is 0 Å². The third kappa shape index (κ3) is 3.64. The third-order valence-electron chi connectivity index (χ3n) is 6.07. The zero-order valence-electron chi connectivity index (χ0n) is 17.1. The maximum absolute atomic E-state index is 13.1. The van der Waals surface area contributed by atoms with Gasteiger partial charge in [0.2, 0.25) is 0 Å². The first-order valence-electron chi connectivity index (χ1n) is 10.8. The van der Waals surface area contributed by atoms with E-state index >= 15 is 0 Å². The highest BCUT2D eigenvalue weighted by Gasteiger charge is 2.27. The maximum atomic E-state index is 13.1. The number of aryl methyl sites for hydroxylation is 2. The van der Waals surface area contributed by atoms with Gasteiger partial charge in [0, 0.05) is 37.1 Å². The number of anilines is 2. The van der Waals surface area contributed by atoms with Crippen LogP contribution in [0.3, 0.4) is 0 Å². The second kappa shape index (κ2) is 8.33. The average molecular weight is 382 g/mol. The number of benzene rings is 1. The Labute approximate surface area is 167 Å². The summed E-state index contributed by atoms with van der Waals surface area (Å²) in [5.74, 6) is -0.0412. The molecule has 1 fully saturated rings. The highest BCUT2D eigenvalue weighted by molar-refractivity contribution is 6.05. The molecule has 6 nitrogen and oxygen atoms in total. The Morgan fingerprint density at radius 3 is 2.89 bits per heavy atom. The summed E-state index contributed by atoms with van der Waals surface area (Å²) >= 11 is 0. The number of carbonyl (C=O) groups is 1. The van der Waals surface area contributed by atoms with Crippen LogP contribution >= 0.6 is 0 Å². The van der Waals surface area contributed by atoms with Crippen molar-refractivity contribution in [1.82, 2.24) is 15.0 Å². The molecule has 1 saturated heterocycles. The van der Waals surface area contributed by atoms with Crippen molar-refractivity contribution in [1.29, 1.82) is 0 Å². The molecule has 3 heterocycles. The predicted molar refractivity (Wildman–Crippen MR) is 112 cm³/mol. The highest BCUT2D eigenvalue weighted by Crippen LogP contribution is 2.34. The molecular weight excluding hydrogens is 350 g/mol. The Kier molecular flexibility index (Phi) is 5.64. The van der Waals surface area contributed by atoms with Gasteiger partial charge in [-0.05, 0) is 68.7 Å². The SMILES string of the molecule is CCCn1cc(C(=O)N2CCCc3cc(N4CCCCC4CC)ccc32)nn1. The van der Waals surface area contributed by atoms with Crippen molar-refractivity contribution in [3.8, 4) is 0 Å². The standard InChI is InChI=1S/C22H31N5O/c1-3-12-25-16-20(23-24-25)22(28)27-14-7-8-17-15-19(10-11-21(17)27)26-13-6-5-9-18(26)4-2/h10-11,15-16,18H,3-9,12-14H2,1-2H3. The molecule has 1 unspecified atom stereocenters. The van der Waals surface area contributed by atoms with Crippen molar-refractivity contribution in [2.24, 2.45) is 0 Å². The minimum absolute atomic E-state index is 0.0412. The van der Waals surface area contributed by atoms with E-state index < -0.39 is 0 Å². The van der Waals surface area contributed by atoms with Gasteiger partial charge in [-0.15, -0.1) is 5.10 Å². The largest absolute Gasteiger partial charge is 0.369 e. The topological polar surface area (TPSA) is 54.3 Å². The van der Waals surface area contributed by atoms with Gasteiger partial charge in [-0.1, -0.05) is 19.1 Å². The summed E-state index contributed by atoms with van der Waals surface area (Å²) in [6.07, 6.45) is 9.84.